The Kier molecular flexibility index (Phi) is 3.66. The second kappa shape index (κ2) is 5.21. The lowest BCUT2D eigenvalue weighted by Gasteiger charge is -2.65. The maximum atomic E-state index is 11.0. The molecule has 2 saturated carbocycles. The molecule has 0 aromatic rings. The van der Waals surface area contributed by atoms with Gasteiger partial charge in [0.15, 0.2) is 0 Å². The minimum atomic E-state index is -0.358. The van der Waals surface area contributed by atoms with Crippen LogP contribution in [0.5, 0.6) is 0 Å². The van der Waals surface area contributed by atoms with Crippen LogP contribution in [0.3, 0.4) is 0 Å². The van der Waals surface area contributed by atoms with Gasteiger partial charge in [-0.2, -0.15) is 0 Å². The molecule has 0 bridgehead atoms. The van der Waals surface area contributed by atoms with Crippen molar-refractivity contribution in [3.05, 3.63) is 12.3 Å². The Morgan fingerprint density at radius 2 is 1.96 bits per heavy atom. The average Bonchev–Trinajstić information content (AvgIpc) is 3.15. The topological polar surface area (TPSA) is 58.9 Å². The van der Waals surface area contributed by atoms with Gasteiger partial charge in [0.25, 0.3) is 0 Å². The van der Waals surface area contributed by atoms with E-state index in [2.05, 4.69) is 26.8 Å². The number of fused-ring (bicyclic) bond motifs is 2. The van der Waals surface area contributed by atoms with Crippen molar-refractivity contribution in [2.24, 2.45) is 22.7 Å². The molecule has 2 heterocycles. The van der Waals surface area contributed by atoms with Crippen LogP contribution < -0.4 is 0 Å². The van der Waals surface area contributed by atoms with Gasteiger partial charge >= 0.3 is 0 Å². The van der Waals surface area contributed by atoms with Crippen LogP contribution in [-0.2, 0) is 9.47 Å². The summed E-state index contributed by atoms with van der Waals surface area (Å²) in [6.07, 6.45) is 9.42. The van der Waals surface area contributed by atoms with Crippen LogP contribution >= 0.6 is 0 Å². The normalized spacial score (nSPS) is 56.6. The van der Waals surface area contributed by atoms with Crippen LogP contribution in [0, 0.1) is 22.7 Å². The molecule has 2 aliphatic heterocycles. The molecule has 24 heavy (non-hydrogen) atoms. The van der Waals surface area contributed by atoms with Gasteiger partial charge in [-0.15, -0.1) is 0 Å². The first-order chi connectivity index (χ1) is 11.3. The van der Waals surface area contributed by atoms with Crippen LogP contribution in [0.25, 0.3) is 0 Å². The molecule has 4 nitrogen and oxygen atoms in total. The fourth-order valence-electron chi connectivity index (χ4n) is 6.97. The number of hydrogen-bond donors (Lipinski definition) is 2. The number of rotatable bonds is 1. The summed E-state index contributed by atoms with van der Waals surface area (Å²) in [5.41, 5.74) is -0.844. The largest absolute Gasteiger partial charge is 0.498 e. The van der Waals surface area contributed by atoms with Crippen molar-refractivity contribution in [2.45, 2.75) is 76.6 Å². The van der Waals surface area contributed by atoms with Crippen LogP contribution in [0.15, 0.2) is 12.3 Å². The van der Waals surface area contributed by atoms with Crippen LogP contribution in [0.2, 0.25) is 0 Å². The quantitative estimate of drug-likeness (QED) is 0.773. The Hall–Kier alpha value is -0.580. The third kappa shape index (κ3) is 1.96. The molecule has 0 aromatic heterocycles. The highest BCUT2D eigenvalue weighted by atomic mass is 16.6. The molecule has 2 spiro atoms. The molecule has 0 radical (unpaired) electrons. The van der Waals surface area contributed by atoms with Crippen molar-refractivity contribution >= 4 is 0 Å². The maximum Gasteiger partial charge on any atom is 0.124 e. The van der Waals surface area contributed by atoms with Crippen LogP contribution in [-0.4, -0.2) is 40.7 Å². The molecule has 4 heteroatoms. The van der Waals surface area contributed by atoms with E-state index in [0.717, 1.165) is 38.5 Å². The molecule has 4 rings (SSSR count). The highest BCUT2D eigenvalue weighted by molar-refractivity contribution is 5.21. The van der Waals surface area contributed by atoms with Crippen molar-refractivity contribution in [3.8, 4) is 0 Å². The van der Waals surface area contributed by atoms with Crippen molar-refractivity contribution in [3.63, 3.8) is 0 Å². The lowest BCUT2D eigenvalue weighted by atomic mass is 9.43. The summed E-state index contributed by atoms with van der Waals surface area (Å²) >= 11 is 0. The molecule has 0 aromatic carbocycles. The first-order valence-electron chi connectivity index (χ1n) is 9.59. The molecule has 136 valence electrons. The van der Waals surface area contributed by atoms with E-state index in [4.69, 9.17) is 9.47 Å². The average molecular weight is 336 g/mol. The van der Waals surface area contributed by atoms with Gasteiger partial charge in [0.05, 0.1) is 18.0 Å². The molecule has 7 atom stereocenters. The highest BCUT2D eigenvalue weighted by Crippen LogP contribution is 2.67. The molecule has 2 aliphatic carbocycles. The number of aliphatic hydroxyl groups excluding tert-OH is 2. The van der Waals surface area contributed by atoms with Gasteiger partial charge in [0, 0.05) is 17.9 Å². The van der Waals surface area contributed by atoms with Gasteiger partial charge in [-0.05, 0) is 49.5 Å². The van der Waals surface area contributed by atoms with Gasteiger partial charge in [0.1, 0.15) is 12.2 Å². The first kappa shape index (κ1) is 16.9. The SMILES string of the molecule is CC1CC(O)C2C(C)(CO)CCCC2(C)C12CCC1(C=COC1)O2. The summed E-state index contributed by atoms with van der Waals surface area (Å²) in [6.45, 7) is 7.48. The van der Waals surface area contributed by atoms with Crippen LogP contribution in [0.4, 0.5) is 0 Å². The Morgan fingerprint density at radius 3 is 2.62 bits per heavy atom. The van der Waals surface area contributed by atoms with Gasteiger partial charge in [-0.3, -0.25) is 0 Å². The molecule has 1 saturated heterocycles. The summed E-state index contributed by atoms with van der Waals surface area (Å²) in [5.74, 6) is 0.393. The monoisotopic (exact) mass is 336 g/mol. The second-order valence-corrected chi connectivity index (χ2v) is 9.44. The van der Waals surface area contributed by atoms with E-state index in [9.17, 15) is 10.2 Å². The Balaban J connectivity index is 1.78. The van der Waals surface area contributed by atoms with E-state index in [1.165, 1.54) is 0 Å². The predicted molar refractivity (Wildman–Crippen MR) is 91.3 cm³/mol. The molecule has 2 N–H and O–H groups in total. The Bertz CT molecular complexity index is 548. The summed E-state index contributed by atoms with van der Waals surface area (Å²) < 4.78 is 12.4. The van der Waals surface area contributed by atoms with Gasteiger partial charge < -0.3 is 19.7 Å². The van der Waals surface area contributed by atoms with Crippen molar-refractivity contribution in [1.82, 2.24) is 0 Å². The van der Waals surface area contributed by atoms with E-state index in [0.29, 0.717) is 12.5 Å². The highest BCUT2D eigenvalue weighted by Gasteiger charge is 2.69. The molecular formula is C20H32O4. The molecular weight excluding hydrogens is 304 g/mol. The van der Waals surface area contributed by atoms with E-state index >= 15 is 0 Å². The van der Waals surface area contributed by atoms with E-state index in [1.54, 1.807) is 6.26 Å². The molecule has 4 aliphatic rings. The van der Waals surface area contributed by atoms with Gasteiger partial charge in [0.2, 0.25) is 0 Å². The minimum Gasteiger partial charge on any atom is -0.498 e. The summed E-state index contributed by atoms with van der Waals surface area (Å²) in [6, 6.07) is 0. The molecule has 3 fully saturated rings. The molecule has 0 amide bonds. The fraction of sp³-hybridized carbons (Fsp3) is 0.900. The number of hydrogen-bond acceptors (Lipinski definition) is 4. The van der Waals surface area contributed by atoms with Crippen LogP contribution in [0.1, 0.15) is 59.3 Å². The summed E-state index contributed by atoms with van der Waals surface area (Å²) in [7, 11) is 0. The fourth-order valence-corrected chi connectivity index (χ4v) is 6.97. The van der Waals surface area contributed by atoms with Crippen molar-refractivity contribution < 1.29 is 19.7 Å². The van der Waals surface area contributed by atoms with Crippen molar-refractivity contribution in [1.29, 1.82) is 0 Å². The molecule has 7 unspecified atom stereocenters. The zero-order valence-electron chi connectivity index (χ0n) is 15.3. The number of aliphatic hydroxyl groups is 2. The summed E-state index contributed by atoms with van der Waals surface area (Å²) in [4.78, 5) is 0. The zero-order chi connectivity index (χ0) is 17.2. The lowest BCUT2D eigenvalue weighted by molar-refractivity contribution is -0.270. The Labute approximate surface area is 145 Å². The first-order valence-corrected chi connectivity index (χ1v) is 9.59. The van der Waals surface area contributed by atoms with E-state index < -0.39 is 0 Å². The second-order valence-electron chi connectivity index (χ2n) is 9.44. The zero-order valence-corrected chi connectivity index (χ0v) is 15.3. The number of ether oxygens (including phenoxy) is 2. The minimum absolute atomic E-state index is 0.0846. The Morgan fingerprint density at radius 1 is 1.17 bits per heavy atom. The third-order valence-electron chi connectivity index (χ3n) is 8.09. The standard InChI is InChI=1S/C20H32O4/c1-14-11-15(22)16-17(2,12-21)5-4-6-18(16,3)20(14)8-7-19(24-20)9-10-23-13-19/h9-10,14-16,21-22H,4-8,11-13H2,1-3H3. The van der Waals surface area contributed by atoms with E-state index in [-0.39, 0.29) is 40.7 Å². The smallest absolute Gasteiger partial charge is 0.124 e. The maximum absolute atomic E-state index is 11.0. The predicted octanol–water partition coefficient (Wildman–Crippen LogP) is 3.02. The van der Waals surface area contributed by atoms with Gasteiger partial charge in [-0.25, -0.2) is 0 Å². The third-order valence-corrected chi connectivity index (χ3v) is 8.09. The van der Waals surface area contributed by atoms with Crippen molar-refractivity contribution in [2.75, 3.05) is 13.2 Å². The summed E-state index contributed by atoms with van der Waals surface area (Å²) in [5, 5.41) is 21.1. The van der Waals surface area contributed by atoms with E-state index in [1.807, 2.05) is 0 Å². The lowest BCUT2D eigenvalue weighted by Crippen LogP contribution is -2.67. The van der Waals surface area contributed by atoms with Gasteiger partial charge in [-0.1, -0.05) is 27.2 Å².